The van der Waals surface area contributed by atoms with E-state index in [4.69, 9.17) is 11.6 Å². The van der Waals surface area contributed by atoms with E-state index < -0.39 is 0 Å². The highest BCUT2D eigenvalue weighted by Crippen LogP contribution is 2.21. The van der Waals surface area contributed by atoms with Gasteiger partial charge in [0.15, 0.2) is 0 Å². The fourth-order valence-electron chi connectivity index (χ4n) is 4.23. The van der Waals surface area contributed by atoms with Crippen molar-refractivity contribution >= 4 is 39.3 Å². The first-order valence-electron chi connectivity index (χ1n) is 10.2. The van der Waals surface area contributed by atoms with Gasteiger partial charge >= 0.3 is 0 Å². The lowest BCUT2D eigenvalue weighted by atomic mass is 10.1. The van der Waals surface area contributed by atoms with Crippen LogP contribution in [-0.4, -0.2) is 51.4 Å². The largest absolute Gasteiger partial charge is 0.339 e. The van der Waals surface area contributed by atoms with Crippen LogP contribution in [0.3, 0.4) is 0 Å². The number of nitrogens with zero attached hydrogens (tertiary/aromatic N) is 4. The second-order valence-electron chi connectivity index (χ2n) is 7.80. The lowest BCUT2D eigenvalue weighted by molar-refractivity contribution is -0.133. The monoisotopic (exact) mass is 418 g/mol. The molecule has 0 atom stereocenters. The number of benzene rings is 2. The molecule has 0 saturated carbocycles. The molecule has 1 saturated heterocycles. The first-order chi connectivity index (χ1) is 14.7. The molecule has 152 valence electrons. The average Bonchev–Trinajstić information content (AvgIpc) is 3.16. The molecule has 4 aromatic rings. The van der Waals surface area contributed by atoms with Gasteiger partial charge in [-0.3, -0.25) is 14.7 Å². The molecule has 1 aliphatic heterocycles. The van der Waals surface area contributed by atoms with E-state index in [1.54, 1.807) is 0 Å². The number of amides is 1. The van der Waals surface area contributed by atoms with E-state index in [1.165, 1.54) is 10.9 Å². The summed E-state index contributed by atoms with van der Waals surface area (Å²) in [6.45, 7) is 4.43. The number of fused-ring (bicyclic) bond motifs is 2. The Balaban J connectivity index is 1.22. The lowest BCUT2D eigenvalue weighted by Gasteiger charge is -2.35. The van der Waals surface area contributed by atoms with Crippen molar-refractivity contribution in [3.05, 3.63) is 77.6 Å². The van der Waals surface area contributed by atoms with Gasteiger partial charge in [0.2, 0.25) is 5.91 Å². The van der Waals surface area contributed by atoms with E-state index in [0.29, 0.717) is 11.6 Å². The molecule has 0 aliphatic carbocycles. The molecule has 0 N–H and O–H groups in total. The quantitative estimate of drug-likeness (QED) is 0.499. The van der Waals surface area contributed by atoms with Gasteiger partial charge in [0, 0.05) is 61.0 Å². The third-order valence-corrected chi connectivity index (χ3v) is 6.11. The zero-order chi connectivity index (χ0) is 20.5. The maximum Gasteiger partial charge on any atom is 0.242 e. The molecular formula is C24H23ClN4O. The first-order valence-corrected chi connectivity index (χ1v) is 10.6. The van der Waals surface area contributed by atoms with Gasteiger partial charge in [-0.2, -0.15) is 0 Å². The highest BCUT2D eigenvalue weighted by molar-refractivity contribution is 6.31. The molecule has 3 heterocycles. The Morgan fingerprint density at radius 1 is 0.967 bits per heavy atom. The van der Waals surface area contributed by atoms with Crippen LogP contribution in [0.25, 0.3) is 21.8 Å². The molecule has 0 spiro atoms. The van der Waals surface area contributed by atoms with Crippen molar-refractivity contribution < 1.29 is 4.79 Å². The Bertz CT molecular complexity index is 1210. The molecule has 30 heavy (non-hydrogen) atoms. The predicted molar refractivity (Wildman–Crippen MR) is 121 cm³/mol. The number of halogens is 1. The number of aromatic nitrogens is 2. The number of carbonyl (C=O) groups is 1. The van der Waals surface area contributed by atoms with Gasteiger partial charge in [-0.1, -0.05) is 41.9 Å². The smallest absolute Gasteiger partial charge is 0.242 e. The van der Waals surface area contributed by atoms with Gasteiger partial charge < -0.3 is 9.47 Å². The van der Waals surface area contributed by atoms with Gasteiger partial charge in [0.1, 0.15) is 6.54 Å². The number of rotatable bonds is 4. The Morgan fingerprint density at radius 3 is 2.67 bits per heavy atom. The molecule has 5 rings (SSSR count). The Hall–Kier alpha value is -2.89. The fourth-order valence-corrected chi connectivity index (χ4v) is 4.40. The van der Waals surface area contributed by atoms with E-state index in [1.807, 2.05) is 52.2 Å². The summed E-state index contributed by atoms with van der Waals surface area (Å²) in [5.74, 6) is 0.152. The van der Waals surface area contributed by atoms with E-state index in [0.717, 1.165) is 49.1 Å². The maximum absolute atomic E-state index is 12.9. The minimum atomic E-state index is 0.152. The zero-order valence-electron chi connectivity index (χ0n) is 16.7. The van der Waals surface area contributed by atoms with Crippen LogP contribution in [0.1, 0.15) is 5.56 Å². The highest BCUT2D eigenvalue weighted by Gasteiger charge is 2.22. The summed E-state index contributed by atoms with van der Waals surface area (Å²) in [4.78, 5) is 21.8. The summed E-state index contributed by atoms with van der Waals surface area (Å²) < 4.78 is 1.98. The van der Waals surface area contributed by atoms with Gasteiger partial charge in [-0.15, -0.1) is 0 Å². The summed E-state index contributed by atoms with van der Waals surface area (Å²) in [5.41, 5.74) is 3.30. The van der Waals surface area contributed by atoms with Crippen molar-refractivity contribution in [3.8, 4) is 0 Å². The van der Waals surface area contributed by atoms with Crippen molar-refractivity contribution in [2.24, 2.45) is 0 Å². The summed E-state index contributed by atoms with van der Waals surface area (Å²) in [6.07, 6.45) is 3.81. The topological polar surface area (TPSA) is 41.4 Å². The van der Waals surface area contributed by atoms with Crippen LogP contribution in [-0.2, 0) is 17.9 Å². The van der Waals surface area contributed by atoms with Gasteiger partial charge in [0.25, 0.3) is 0 Å². The first kappa shape index (κ1) is 19.1. The molecule has 6 heteroatoms. The summed E-state index contributed by atoms with van der Waals surface area (Å²) in [5, 5.41) is 2.95. The molecular weight excluding hydrogens is 396 g/mol. The van der Waals surface area contributed by atoms with Crippen LogP contribution in [0.2, 0.25) is 5.02 Å². The normalized spacial score (nSPS) is 15.2. The van der Waals surface area contributed by atoms with E-state index in [2.05, 4.69) is 34.1 Å². The summed E-state index contributed by atoms with van der Waals surface area (Å²) >= 11 is 6.13. The third kappa shape index (κ3) is 3.78. The van der Waals surface area contributed by atoms with E-state index in [-0.39, 0.29) is 5.91 Å². The number of para-hydroxylation sites is 1. The molecule has 5 nitrogen and oxygen atoms in total. The minimum absolute atomic E-state index is 0.152. The molecule has 1 fully saturated rings. The lowest BCUT2D eigenvalue weighted by Crippen LogP contribution is -2.49. The van der Waals surface area contributed by atoms with Crippen LogP contribution < -0.4 is 0 Å². The van der Waals surface area contributed by atoms with Crippen LogP contribution >= 0.6 is 11.6 Å². The van der Waals surface area contributed by atoms with Crippen molar-refractivity contribution in [1.29, 1.82) is 0 Å². The number of hydrogen-bond donors (Lipinski definition) is 0. The minimum Gasteiger partial charge on any atom is -0.339 e. The standard InChI is InChI=1S/C24H23ClN4O/c25-21-7-6-18-8-10-29(22(18)15-21)17-23(30)28-13-11-27(12-14-28)16-20-4-1-3-19-5-2-9-26-24(19)20/h1-10,15H,11-14,16-17H2. The molecule has 0 unspecified atom stereocenters. The summed E-state index contributed by atoms with van der Waals surface area (Å²) in [6, 6.07) is 18.2. The van der Waals surface area contributed by atoms with E-state index >= 15 is 0 Å². The van der Waals surface area contributed by atoms with Crippen molar-refractivity contribution in [2.45, 2.75) is 13.1 Å². The highest BCUT2D eigenvalue weighted by atomic mass is 35.5. The van der Waals surface area contributed by atoms with Crippen LogP contribution in [0, 0.1) is 0 Å². The number of pyridine rings is 1. The number of piperazine rings is 1. The second-order valence-corrected chi connectivity index (χ2v) is 8.23. The molecule has 1 amide bonds. The number of hydrogen-bond acceptors (Lipinski definition) is 3. The van der Waals surface area contributed by atoms with Crippen LogP contribution in [0.4, 0.5) is 0 Å². The molecule has 2 aromatic carbocycles. The van der Waals surface area contributed by atoms with Gasteiger partial charge in [0.05, 0.1) is 5.52 Å². The van der Waals surface area contributed by atoms with E-state index in [9.17, 15) is 4.79 Å². The van der Waals surface area contributed by atoms with Gasteiger partial charge in [-0.25, -0.2) is 0 Å². The second kappa shape index (κ2) is 8.09. The Kier molecular flexibility index (Phi) is 5.15. The molecule has 1 aliphatic rings. The van der Waals surface area contributed by atoms with Crippen LogP contribution in [0.15, 0.2) is 67.0 Å². The maximum atomic E-state index is 12.9. The SMILES string of the molecule is O=C(Cn1ccc2ccc(Cl)cc21)N1CCN(Cc2cccc3cccnc23)CC1. The summed E-state index contributed by atoms with van der Waals surface area (Å²) in [7, 11) is 0. The third-order valence-electron chi connectivity index (χ3n) is 5.88. The fraction of sp³-hybridized carbons (Fsp3) is 0.250. The van der Waals surface area contributed by atoms with Crippen molar-refractivity contribution in [1.82, 2.24) is 19.4 Å². The number of carbonyl (C=O) groups excluding carboxylic acids is 1. The van der Waals surface area contributed by atoms with Crippen molar-refractivity contribution in [3.63, 3.8) is 0 Å². The Labute approximate surface area is 180 Å². The predicted octanol–water partition coefficient (Wildman–Crippen LogP) is 4.19. The molecule has 0 radical (unpaired) electrons. The Morgan fingerprint density at radius 2 is 1.80 bits per heavy atom. The van der Waals surface area contributed by atoms with Gasteiger partial charge in [-0.05, 0) is 35.2 Å². The molecule has 0 bridgehead atoms. The van der Waals surface area contributed by atoms with Crippen LogP contribution in [0.5, 0.6) is 0 Å². The molecule has 2 aromatic heterocycles. The van der Waals surface area contributed by atoms with Crippen molar-refractivity contribution in [2.75, 3.05) is 26.2 Å². The average molecular weight is 419 g/mol. The zero-order valence-corrected chi connectivity index (χ0v) is 17.4.